The molecule has 0 saturated heterocycles. The summed E-state index contributed by atoms with van der Waals surface area (Å²) >= 11 is 6.04. The molecule has 3 N–H and O–H groups in total. The number of amides is 1. The van der Waals surface area contributed by atoms with Gasteiger partial charge in [-0.15, -0.1) is 5.10 Å². The van der Waals surface area contributed by atoms with Crippen LogP contribution in [0.25, 0.3) is 22.4 Å². The van der Waals surface area contributed by atoms with Gasteiger partial charge < -0.3 is 15.9 Å². The topological polar surface area (TPSA) is 156 Å². The molecule has 0 aliphatic carbocycles. The molecule has 210 valence electrons. The summed E-state index contributed by atoms with van der Waals surface area (Å²) in [5.74, 6) is -6.57. The van der Waals surface area contributed by atoms with Crippen LogP contribution in [0, 0.1) is 0 Å². The molecular weight excluding hydrogens is 569 g/mol. The van der Waals surface area contributed by atoms with E-state index < -0.39 is 42.4 Å². The van der Waals surface area contributed by atoms with Crippen LogP contribution < -0.4 is 15.9 Å². The number of halogens is 6. The summed E-state index contributed by atoms with van der Waals surface area (Å²) in [6.45, 7) is 1.81. The van der Waals surface area contributed by atoms with Gasteiger partial charge in [-0.05, 0) is 30.3 Å². The van der Waals surface area contributed by atoms with E-state index in [2.05, 4.69) is 30.7 Å². The number of hydrogen-bond acceptors (Lipinski definition) is 9. The van der Waals surface area contributed by atoms with Gasteiger partial charge >= 0.3 is 18.1 Å². The number of nitrogens with two attached hydrogens (primary N) is 1. The number of benzene rings is 1. The van der Waals surface area contributed by atoms with E-state index in [1.165, 1.54) is 31.3 Å². The lowest BCUT2D eigenvalue weighted by molar-refractivity contribution is -0.285. The second kappa shape index (κ2) is 9.07. The van der Waals surface area contributed by atoms with Crippen molar-refractivity contribution in [1.82, 2.24) is 34.9 Å². The highest BCUT2D eigenvalue weighted by Gasteiger charge is 2.57. The molecule has 1 aromatic carbocycles. The molecule has 1 aliphatic heterocycles. The first-order chi connectivity index (χ1) is 18.6. The van der Waals surface area contributed by atoms with Crippen molar-refractivity contribution >= 4 is 46.0 Å². The van der Waals surface area contributed by atoms with Crippen molar-refractivity contribution in [3.8, 4) is 11.5 Å². The largest absolute Gasteiger partial charge is 0.453 e. The van der Waals surface area contributed by atoms with Gasteiger partial charge in [0, 0.05) is 30.3 Å². The first-order valence-electron chi connectivity index (χ1n) is 11.3. The van der Waals surface area contributed by atoms with Crippen LogP contribution in [0.1, 0.15) is 31.5 Å². The fourth-order valence-electron chi connectivity index (χ4n) is 4.28. The van der Waals surface area contributed by atoms with Crippen molar-refractivity contribution in [3.63, 3.8) is 0 Å². The molecule has 40 heavy (non-hydrogen) atoms. The fourth-order valence-corrected chi connectivity index (χ4v) is 4.45. The fraction of sp³-hybridized carbons (Fsp3) is 0.318. The molecule has 5 rings (SSSR count). The van der Waals surface area contributed by atoms with Crippen molar-refractivity contribution in [1.29, 1.82) is 0 Å². The Bertz CT molecular complexity index is 1690. The summed E-state index contributed by atoms with van der Waals surface area (Å²) in [4.78, 5) is 38.5. The highest BCUT2D eigenvalue weighted by Crippen LogP contribution is 2.45. The number of aromatic nitrogens is 7. The minimum Gasteiger partial charge on any atom is -0.383 e. The van der Waals surface area contributed by atoms with Crippen molar-refractivity contribution in [3.05, 3.63) is 40.7 Å². The molecule has 0 spiro atoms. The highest BCUT2D eigenvalue weighted by atomic mass is 35.5. The number of nitrogens with one attached hydrogen (secondary N) is 1. The Hall–Kier alpha value is -4.41. The van der Waals surface area contributed by atoms with Crippen LogP contribution in [-0.2, 0) is 21.5 Å². The third-order valence-corrected chi connectivity index (χ3v) is 6.54. The number of carbonyl (C=O) groups excluding carboxylic acids is 2. The number of fused-ring (bicyclic) bond motifs is 2. The standard InChI is InChI=1S/C22H17ClF5N9O3/c1-9(38)40-37-8-13(33-35-37)20(2)14-16(29)30-18(31-17(14)32-19(20)39)15-11-4-3-10(23)7-12(11)36(34-15)6-5-21(24,25)22(26,27)28/h3-4,7-8H,5-6H2,1-2H3,(H3,29,30,31,32,39)/t20-/m1/s1. The van der Waals surface area contributed by atoms with E-state index >= 15 is 0 Å². The number of rotatable bonds is 6. The Morgan fingerprint density at radius 3 is 2.62 bits per heavy atom. The Labute approximate surface area is 225 Å². The number of aryl methyl sites for hydroxylation is 1. The van der Waals surface area contributed by atoms with E-state index in [1.807, 2.05) is 0 Å². The van der Waals surface area contributed by atoms with Crippen LogP contribution in [0.2, 0.25) is 5.02 Å². The van der Waals surface area contributed by atoms with Gasteiger partial charge in [-0.25, -0.2) is 14.8 Å². The molecule has 18 heteroatoms. The number of anilines is 2. The van der Waals surface area contributed by atoms with E-state index in [-0.39, 0.29) is 50.3 Å². The zero-order chi connectivity index (χ0) is 29.2. The van der Waals surface area contributed by atoms with Crippen LogP contribution in [-0.4, -0.2) is 58.9 Å². The zero-order valence-electron chi connectivity index (χ0n) is 20.4. The molecule has 0 unspecified atom stereocenters. The van der Waals surface area contributed by atoms with Crippen LogP contribution in [0.3, 0.4) is 0 Å². The molecule has 0 radical (unpaired) electrons. The van der Waals surface area contributed by atoms with Crippen molar-refractivity contribution < 1.29 is 36.4 Å². The van der Waals surface area contributed by atoms with Gasteiger partial charge in [0.1, 0.15) is 28.4 Å². The maximum atomic E-state index is 13.6. The second-order valence-electron chi connectivity index (χ2n) is 9.01. The summed E-state index contributed by atoms with van der Waals surface area (Å²) in [7, 11) is 0. The number of alkyl halides is 5. The number of carbonyl (C=O) groups is 2. The molecule has 4 aromatic rings. The number of nitrogen functional groups attached to an aromatic ring is 1. The average molecular weight is 586 g/mol. The van der Waals surface area contributed by atoms with Crippen molar-refractivity contribution in [2.45, 2.75) is 44.3 Å². The van der Waals surface area contributed by atoms with E-state index in [4.69, 9.17) is 22.2 Å². The molecule has 1 atom stereocenters. The maximum absolute atomic E-state index is 13.6. The molecule has 12 nitrogen and oxygen atoms in total. The average Bonchev–Trinajstić information content (AvgIpc) is 3.52. The van der Waals surface area contributed by atoms with Gasteiger partial charge in [0.05, 0.1) is 17.3 Å². The second-order valence-corrected chi connectivity index (χ2v) is 9.45. The SMILES string of the molecule is CC(=O)On1cc([C@@]2(C)C(=O)Nc3nc(-c4nn(CCC(F)(F)C(F)(F)F)c5cc(Cl)ccc45)nc(N)c32)nn1. The van der Waals surface area contributed by atoms with Gasteiger partial charge in [0.25, 0.3) is 0 Å². The first kappa shape index (κ1) is 27.2. The first-order valence-corrected chi connectivity index (χ1v) is 11.7. The van der Waals surface area contributed by atoms with Gasteiger partial charge in [-0.1, -0.05) is 16.4 Å². The molecular formula is C22H17ClF5N9O3. The molecule has 1 amide bonds. The highest BCUT2D eigenvalue weighted by molar-refractivity contribution is 6.31. The van der Waals surface area contributed by atoms with E-state index in [0.29, 0.717) is 0 Å². The lowest BCUT2D eigenvalue weighted by atomic mass is 9.81. The van der Waals surface area contributed by atoms with Gasteiger partial charge in [0.2, 0.25) is 5.91 Å². The minimum atomic E-state index is -5.73. The molecule has 3 aromatic heterocycles. The Morgan fingerprint density at radius 2 is 1.95 bits per heavy atom. The molecule has 4 heterocycles. The summed E-state index contributed by atoms with van der Waals surface area (Å²) in [6, 6.07) is 4.29. The lowest BCUT2D eigenvalue weighted by Crippen LogP contribution is -2.37. The van der Waals surface area contributed by atoms with Crippen LogP contribution in [0.4, 0.5) is 33.6 Å². The molecule has 0 saturated carbocycles. The third-order valence-electron chi connectivity index (χ3n) is 6.31. The third kappa shape index (κ3) is 4.35. The monoisotopic (exact) mass is 585 g/mol. The van der Waals surface area contributed by atoms with Crippen LogP contribution in [0.15, 0.2) is 24.4 Å². The smallest absolute Gasteiger partial charge is 0.383 e. The number of hydrogen-bond donors (Lipinski definition) is 2. The summed E-state index contributed by atoms with van der Waals surface area (Å²) < 4.78 is 66.4. The zero-order valence-corrected chi connectivity index (χ0v) is 21.2. The van der Waals surface area contributed by atoms with Crippen molar-refractivity contribution in [2.75, 3.05) is 11.1 Å². The van der Waals surface area contributed by atoms with Crippen molar-refractivity contribution in [2.24, 2.45) is 0 Å². The predicted octanol–water partition coefficient (Wildman–Crippen LogP) is 3.14. The lowest BCUT2D eigenvalue weighted by Gasteiger charge is -2.19. The Morgan fingerprint density at radius 1 is 1.23 bits per heavy atom. The summed E-state index contributed by atoms with van der Waals surface area (Å²) in [5, 5.41) is 14.8. The minimum absolute atomic E-state index is 0.000136. The molecule has 0 bridgehead atoms. The van der Waals surface area contributed by atoms with Gasteiger partial charge in [0.15, 0.2) is 5.82 Å². The van der Waals surface area contributed by atoms with E-state index in [9.17, 15) is 31.5 Å². The summed E-state index contributed by atoms with van der Waals surface area (Å²) in [6.07, 6.45) is -6.10. The normalized spacial score (nSPS) is 17.2. The van der Waals surface area contributed by atoms with Crippen LogP contribution >= 0.6 is 11.6 Å². The van der Waals surface area contributed by atoms with Crippen LogP contribution in [0.5, 0.6) is 0 Å². The van der Waals surface area contributed by atoms with Gasteiger partial charge in [-0.3, -0.25) is 9.48 Å². The summed E-state index contributed by atoms with van der Waals surface area (Å²) in [5.41, 5.74) is 5.04. The van der Waals surface area contributed by atoms with Gasteiger partial charge in [-0.2, -0.15) is 27.1 Å². The Balaban J connectivity index is 1.57. The maximum Gasteiger partial charge on any atom is 0.453 e. The quantitative estimate of drug-likeness (QED) is 0.256. The van der Waals surface area contributed by atoms with E-state index in [0.717, 1.165) is 16.5 Å². The van der Waals surface area contributed by atoms with E-state index in [1.54, 1.807) is 0 Å². The number of nitrogens with zero attached hydrogens (tertiary/aromatic N) is 7. The molecule has 1 aliphatic rings. The molecule has 0 fully saturated rings. The Kier molecular flexibility index (Phi) is 6.16. The predicted molar refractivity (Wildman–Crippen MR) is 128 cm³/mol.